The number of aromatic nitrogens is 1. The quantitative estimate of drug-likeness (QED) is 0.565. The van der Waals surface area contributed by atoms with Crippen LogP contribution >= 0.6 is 27.5 Å². The Kier molecular flexibility index (Phi) is 3.63. The maximum absolute atomic E-state index is 6.22. The minimum Gasteiger partial charge on any atom is -0.455 e. The van der Waals surface area contributed by atoms with Gasteiger partial charge in [0.05, 0.1) is 9.50 Å². The van der Waals surface area contributed by atoms with E-state index >= 15 is 0 Å². The molecule has 0 atom stereocenters. The van der Waals surface area contributed by atoms with Crippen LogP contribution in [0.15, 0.2) is 47.1 Å². The van der Waals surface area contributed by atoms with Crippen LogP contribution in [0, 0.1) is 5.92 Å². The third-order valence-corrected chi connectivity index (χ3v) is 5.01. The molecular formula is C18H15BrClNO. The number of fused-ring (bicyclic) bond motifs is 1. The number of rotatable bonds is 4. The maximum atomic E-state index is 6.22. The van der Waals surface area contributed by atoms with Crippen LogP contribution in [0.3, 0.4) is 0 Å². The molecule has 1 aliphatic carbocycles. The molecule has 22 heavy (non-hydrogen) atoms. The summed E-state index contributed by atoms with van der Waals surface area (Å²) >= 11 is 9.71. The van der Waals surface area contributed by atoms with Gasteiger partial charge in [0.25, 0.3) is 0 Å². The first kappa shape index (κ1) is 14.2. The molecule has 0 saturated heterocycles. The second kappa shape index (κ2) is 5.64. The molecule has 0 unspecified atom stereocenters. The minimum atomic E-state index is 0.599. The normalized spacial score (nSPS) is 14.5. The Hall–Kier alpha value is -1.45. The number of benzene rings is 2. The van der Waals surface area contributed by atoms with E-state index in [4.69, 9.17) is 16.3 Å². The van der Waals surface area contributed by atoms with E-state index < -0.39 is 0 Å². The summed E-state index contributed by atoms with van der Waals surface area (Å²) in [7, 11) is 0. The van der Waals surface area contributed by atoms with Crippen molar-refractivity contribution in [3.05, 3.63) is 57.7 Å². The van der Waals surface area contributed by atoms with E-state index in [1.165, 1.54) is 23.8 Å². The first-order valence-electron chi connectivity index (χ1n) is 7.42. The third kappa shape index (κ3) is 2.75. The average Bonchev–Trinajstić information content (AvgIpc) is 3.24. The van der Waals surface area contributed by atoms with Crippen LogP contribution < -0.4 is 4.74 Å². The molecule has 3 aromatic rings. The number of ether oxygens (including phenoxy) is 1. The lowest BCUT2D eigenvalue weighted by Gasteiger charge is -2.10. The predicted octanol–water partition coefficient (Wildman–Crippen LogP) is 6.33. The lowest BCUT2D eigenvalue weighted by molar-refractivity contribution is 0.480. The van der Waals surface area contributed by atoms with Crippen molar-refractivity contribution in [1.82, 2.24) is 4.98 Å². The predicted molar refractivity (Wildman–Crippen MR) is 94.0 cm³/mol. The Labute approximate surface area is 142 Å². The van der Waals surface area contributed by atoms with Crippen LogP contribution in [0.4, 0.5) is 0 Å². The van der Waals surface area contributed by atoms with E-state index in [-0.39, 0.29) is 0 Å². The number of para-hydroxylation sites is 1. The van der Waals surface area contributed by atoms with Crippen LogP contribution in [-0.2, 0) is 6.42 Å². The topological polar surface area (TPSA) is 25.0 Å². The van der Waals surface area contributed by atoms with Crippen LogP contribution in [0.2, 0.25) is 5.02 Å². The smallest absolute Gasteiger partial charge is 0.160 e. The maximum Gasteiger partial charge on any atom is 0.160 e. The van der Waals surface area contributed by atoms with Crippen molar-refractivity contribution in [3.63, 3.8) is 0 Å². The molecule has 2 nitrogen and oxygen atoms in total. The molecule has 1 aromatic heterocycles. The van der Waals surface area contributed by atoms with E-state index in [1.807, 2.05) is 24.3 Å². The van der Waals surface area contributed by atoms with Gasteiger partial charge < -0.3 is 9.72 Å². The molecule has 4 heteroatoms. The van der Waals surface area contributed by atoms with Crippen LogP contribution in [0.1, 0.15) is 18.4 Å². The molecule has 1 fully saturated rings. The zero-order valence-corrected chi connectivity index (χ0v) is 14.2. The molecule has 0 aliphatic heterocycles. The summed E-state index contributed by atoms with van der Waals surface area (Å²) in [5.74, 6) is 2.32. The lowest BCUT2D eigenvalue weighted by Crippen LogP contribution is -1.88. The van der Waals surface area contributed by atoms with Gasteiger partial charge in [-0.05, 0) is 77.0 Å². The SMILES string of the molecule is Clc1cccc(Br)c1Oc1ccc2[nH]cc(CC3CC3)c2c1. The van der Waals surface area contributed by atoms with E-state index in [9.17, 15) is 0 Å². The van der Waals surface area contributed by atoms with E-state index in [1.54, 1.807) is 0 Å². The van der Waals surface area contributed by atoms with Gasteiger partial charge >= 0.3 is 0 Å². The first-order chi connectivity index (χ1) is 10.7. The van der Waals surface area contributed by atoms with Gasteiger partial charge in [-0.3, -0.25) is 0 Å². The molecule has 1 saturated carbocycles. The fourth-order valence-electron chi connectivity index (χ4n) is 2.72. The fraction of sp³-hybridized carbons (Fsp3) is 0.222. The van der Waals surface area contributed by atoms with E-state index in [2.05, 4.69) is 39.2 Å². The minimum absolute atomic E-state index is 0.599. The lowest BCUT2D eigenvalue weighted by atomic mass is 10.1. The number of aromatic amines is 1. The molecular weight excluding hydrogens is 362 g/mol. The average molecular weight is 377 g/mol. The molecule has 112 valence electrons. The summed E-state index contributed by atoms with van der Waals surface area (Å²) in [5.41, 5.74) is 2.53. The second-order valence-electron chi connectivity index (χ2n) is 5.82. The zero-order valence-electron chi connectivity index (χ0n) is 11.9. The van der Waals surface area contributed by atoms with Gasteiger partial charge in [0.1, 0.15) is 5.75 Å². The molecule has 4 rings (SSSR count). The van der Waals surface area contributed by atoms with Crippen LogP contribution in [0.5, 0.6) is 11.5 Å². The molecule has 0 radical (unpaired) electrons. The summed E-state index contributed by atoms with van der Waals surface area (Å²) in [6, 6.07) is 11.8. The highest BCUT2D eigenvalue weighted by molar-refractivity contribution is 9.10. The Bertz CT molecular complexity index is 818. The van der Waals surface area contributed by atoms with Crippen molar-refractivity contribution in [1.29, 1.82) is 0 Å². The molecule has 1 aliphatic rings. The molecule has 1 heterocycles. The van der Waals surface area contributed by atoms with Crippen LogP contribution in [-0.4, -0.2) is 4.98 Å². The largest absolute Gasteiger partial charge is 0.455 e. The molecule has 0 amide bonds. The van der Waals surface area contributed by atoms with Gasteiger partial charge in [0.15, 0.2) is 5.75 Å². The zero-order chi connectivity index (χ0) is 15.1. The summed E-state index contributed by atoms with van der Waals surface area (Å²) in [4.78, 5) is 3.34. The van der Waals surface area contributed by atoms with Gasteiger partial charge in [-0.2, -0.15) is 0 Å². The molecule has 2 aromatic carbocycles. The van der Waals surface area contributed by atoms with Crippen molar-refractivity contribution >= 4 is 38.4 Å². The Morgan fingerprint density at radius 2 is 2.09 bits per heavy atom. The fourth-order valence-corrected chi connectivity index (χ4v) is 3.50. The monoisotopic (exact) mass is 375 g/mol. The van der Waals surface area contributed by atoms with Gasteiger partial charge in [-0.1, -0.05) is 17.7 Å². The molecule has 0 bridgehead atoms. The van der Waals surface area contributed by atoms with Gasteiger partial charge in [0.2, 0.25) is 0 Å². The first-order valence-corrected chi connectivity index (χ1v) is 8.59. The highest BCUT2D eigenvalue weighted by Gasteiger charge is 2.22. The van der Waals surface area contributed by atoms with Crippen molar-refractivity contribution in [2.75, 3.05) is 0 Å². The summed E-state index contributed by atoms with van der Waals surface area (Å²) in [5, 5.41) is 1.84. The standard InChI is InChI=1S/C18H15BrClNO/c19-15-2-1-3-16(20)18(15)22-13-6-7-17-14(9-13)12(10-21-17)8-11-4-5-11/h1-3,6-7,9-11,21H,4-5,8H2. The summed E-state index contributed by atoms with van der Waals surface area (Å²) < 4.78 is 6.85. The summed E-state index contributed by atoms with van der Waals surface area (Å²) in [6.07, 6.45) is 5.99. The number of hydrogen-bond donors (Lipinski definition) is 1. The molecule has 1 N–H and O–H groups in total. The molecule has 0 spiro atoms. The van der Waals surface area contributed by atoms with Crippen molar-refractivity contribution in [2.24, 2.45) is 5.92 Å². The van der Waals surface area contributed by atoms with E-state index in [0.717, 1.165) is 28.1 Å². The Morgan fingerprint density at radius 3 is 2.86 bits per heavy atom. The Balaban J connectivity index is 1.69. The highest BCUT2D eigenvalue weighted by Crippen LogP contribution is 2.38. The second-order valence-corrected chi connectivity index (χ2v) is 7.08. The number of halogens is 2. The Morgan fingerprint density at radius 1 is 1.23 bits per heavy atom. The number of H-pyrrole nitrogens is 1. The van der Waals surface area contributed by atoms with Crippen molar-refractivity contribution < 1.29 is 4.74 Å². The van der Waals surface area contributed by atoms with Gasteiger partial charge in [-0.25, -0.2) is 0 Å². The third-order valence-electron chi connectivity index (χ3n) is 4.08. The van der Waals surface area contributed by atoms with E-state index in [0.29, 0.717) is 10.8 Å². The number of hydrogen-bond acceptors (Lipinski definition) is 1. The van der Waals surface area contributed by atoms with Crippen molar-refractivity contribution in [2.45, 2.75) is 19.3 Å². The van der Waals surface area contributed by atoms with Gasteiger partial charge in [0, 0.05) is 17.1 Å². The van der Waals surface area contributed by atoms with Gasteiger partial charge in [-0.15, -0.1) is 0 Å². The highest BCUT2D eigenvalue weighted by atomic mass is 79.9. The number of nitrogens with one attached hydrogen (secondary N) is 1. The van der Waals surface area contributed by atoms with Crippen LogP contribution in [0.25, 0.3) is 10.9 Å². The van der Waals surface area contributed by atoms with Crippen molar-refractivity contribution in [3.8, 4) is 11.5 Å². The summed E-state index contributed by atoms with van der Waals surface area (Å²) in [6.45, 7) is 0.